The fraction of sp³-hybridized carbons (Fsp3) is 0.333. The first-order valence-electron chi connectivity index (χ1n) is 12.4. The monoisotopic (exact) mass is 506 g/mol. The van der Waals surface area contributed by atoms with Crippen LogP contribution in [0, 0.1) is 12.7 Å². The molecule has 0 heterocycles. The summed E-state index contributed by atoms with van der Waals surface area (Å²) in [5.41, 5.74) is 3.62. The second-order valence-corrected chi connectivity index (χ2v) is 10.1. The highest BCUT2D eigenvalue weighted by molar-refractivity contribution is 7.99. The lowest BCUT2D eigenvalue weighted by molar-refractivity contribution is -0.139. The van der Waals surface area contributed by atoms with E-state index >= 15 is 0 Å². The minimum absolute atomic E-state index is 0.00197. The van der Waals surface area contributed by atoms with E-state index in [-0.39, 0.29) is 29.4 Å². The molecular weight excluding hydrogens is 471 g/mol. The van der Waals surface area contributed by atoms with Crippen LogP contribution in [0.15, 0.2) is 78.9 Å². The first-order chi connectivity index (χ1) is 17.4. The third-order valence-electron chi connectivity index (χ3n) is 6.15. The van der Waals surface area contributed by atoms with Gasteiger partial charge in [0.1, 0.15) is 11.9 Å². The van der Waals surface area contributed by atoms with Crippen LogP contribution in [-0.4, -0.2) is 34.6 Å². The summed E-state index contributed by atoms with van der Waals surface area (Å²) in [6.45, 7) is 6.32. The molecule has 0 bridgehead atoms. The highest BCUT2D eigenvalue weighted by atomic mass is 32.2. The van der Waals surface area contributed by atoms with Gasteiger partial charge in [-0.3, -0.25) is 9.59 Å². The highest BCUT2D eigenvalue weighted by Crippen LogP contribution is 2.20. The number of benzene rings is 3. The third-order valence-corrected chi connectivity index (χ3v) is 7.11. The number of halogens is 1. The molecule has 0 fully saturated rings. The molecular formula is C30H35FN2O2S. The molecule has 3 rings (SSSR count). The lowest BCUT2D eigenvalue weighted by Gasteiger charge is -2.32. The van der Waals surface area contributed by atoms with Gasteiger partial charge < -0.3 is 10.2 Å². The minimum Gasteiger partial charge on any atom is -0.352 e. The highest BCUT2D eigenvalue weighted by Gasteiger charge is 2.31. The number of nitrogens with zero attached hydrogens (tertiary/aromatic N) is 1. The molecule has 0 aromatic heterocycles. The van der Waals surface area contributed by atoms with Crippen molar-refractivity contribution in [3.63, 3.8) is 0 Å². The molecule has 0 unspecified atom stereocenters. The Hall–Kier alpha value is -3.12. The Morgan fingerprint density at radius 3 is 2.36 bits per heavy atom. The number of nitrogens with one attached hydrogen (secondary N) is 1. The number of amides is 2. The number of thioether (sulfide) groups is 1. The quantitative estimate of drug-likeness (QED) is 0.332. The number of carbonyl (C=O) groups excluding carboxylic acids is 2. The zero-order valence-corrected chi connectivity index (χ0v) is 22.1. The molecule has 36 heavy (non-hydrogen) atoms. The standard InChI is InChI=1S/C30H35FN2O2S/c1-4-23(3)32-30(35)28(18-24-12-6-5-7-13-24)33(19-25-14-10-11-22(2)17-25)29(34)21-36-20-26-15-8-9-16-27(26)31/h5-17,23,28H,4,18-21H2,1-3H3,(H,32,35)/t23-,28-/m1/s1. The van der Waals surface area contributed by atoms with Crippen LogP contribution in [0.25, 0.3) is 0 Å². The largest absolute Gasteiger partial charge is 0.352 e. The van der Waals surface area contributed by atoms with Crippen molar-refractivity contribution in [1.29, 1.82) is 0 Å². The topological polar surface area (TPSA) is 49.4 Å². The summed E-state index contributed by atoms with van der Waals surface area (Å²) in [7, 11) is 0. The fourth-order valence-corrected chi connectivity index (χ4v) is 4.85. The van der Waals surface area contributed by atoms with Gasteiger partial charge in [0.2, 0.25) is 11.8 Å². The summed E-state index contributed by atoms with van der Waals surface area (Å²) in [6, 6.07) is 23.7. The van der Waals surface area contributed by atoms with Crippen molar-refractivity contribution in [2.24, 2.45) is 0 Å². The van der Waals surface area contributed by atoms with Crippen molar-refractivity contribution in [3.05, 3.63) is 107 Å². The van der Waals surface area contributed by atoms with E-state index in [4.69, 9.17) is 0 Å². The molecule has 6 heteroatoms. The lowest BCUT2D eigenvalue weighted by atomic mass is 10.0. The maximum Gasteiger partial charge on any atom is 0.243 e. The van der Waals surface area contributed by atoms with E-state index in [0.29, 0.717) is 24.3 Å². The van der Waals surface area contributed by atoms with Crippen LogP contribution in [0.4, 0.5) is 4.39 Å². The van der Waals surface area contributed by atoms with Gasteiger partial charge in [-0.1, -0.05) is 85.3 Å². The van der Waals surface area contributed by atoms with Crippen LogP contribution >= 0.6 is 11.8 Å². The summed E-state index contributed by atoms with van der Waals surface area (Å²) in [6.07, 6.45) is 1.22. The number of hydrogen-bond donors (Lipinski definition) is 1. The van der Waals surface area contributed by atoms with Crippen molar-refractivity contribution in [3.8, 4) is 0 Å². The first kappa shape index (κ1) is 27.5. The predicted molar refractivity (Wildman–Crippen MR) is 146 cm³/mol. The van der Waals surface area contributed by atoms with Crippen LogP contribution in [0.1, 0.15) is 42.5 Å². The number of rotatable bonds is 12. The average molecular weight is 507 g/mol. The van der Waals surface area contributed by atoms with E-state index in [1.807, 2.05) is 75.4 Å². The van der Waals surface area contributed by atoms with Gasteiger partial charge in [0.05, 0.1) is 5.75 Å². The molecule has 2 amide bonds. The summed E-state index contributed by atoms with van der Waals surface area (Å²) in [4.78, 5) is 28.8. The van der Waals surface area contributed by atoms with Crippen molar-refractivity contribution in [2.45, 2.75) is 58.0 Å². The molecule has 0 saturated heterocycles. The zero-order valence-electron chi connectivity index (χ0n) is 21.2. The van der Waals surface area contributed by atoms with Crippen molar-refractivity contribution in [2.75, 3.05) is 5.75 Å². The molecule has 0 spiro atoms. The van der Waals surface area contributed by atoms with Crippen LogP contribution in [-0.2, 0) is 28.3 Å². The Balaban J connectivity index is 1.86. The summed E-state index contributed by atoms with van der Waals surface area (Å²) < 4.78 is 14.1. The van der Waals surface area contributed by atoms with Crippen molar-refractivity contribution >= 4 is 23.6 Å². The van der Waals surface area contributed by atoms with Crippen molar-refractivity contribution in [1.82, 2.24) is 10.2 Å². The third kappa shape index (κ3) is 8.23. The molecule has 3 aromatic carbocycles. The first-order valence-corrected chi connectivity index (χ1v) is 13.5. The number of carbonyl (C=O) groups is 2. The minimum atomic E-state index is -0.663. The predicted octanol–water partition coefficient (Wildman–Crippen LogP) is 5.92. The van der Waals surface area contributed by atoms with E-state index in [9.17, 15) is 14.0 Å². The zero-order chi connectivity index (χ0) is 25.9. The maximum absolute atomic E-state index is 14.1. The fourth-order valence-electron chi connectivity index (χ4n) is 3.95. The molecule has 190 valence electrons. The maximum atomic E-state index is 14.1. The molecule has 0 radical (unpaired) electrons. The molecule has 4 nitrogen and oxygen atoms in total. The van der Waals surface area contributed by atoms with Crippen LogP contribution in [0.5, 0.6) is 0 Å². The average Bonchev–Trinajstić information content (AvgIpc) is 2.87. The van der Waals surface area contributed by atoms with E-state index in [0.717, 1.165) is 23.1 Å². The summed E-state index contributed by atoms with van der Waals surface area (Å²) in [5.74, 6) is -0.0309. The van der Waals surface area contributed by atoms with Gasteiger partial charge in [0.15, 0.2) is 0 Å². The van der Waals surface area contributed by atoms with Gasteiger partial charge in [-0.15, -0.1) is 11.8 Å². The molecule has 0 aliphatic rings. The van der Waals surface area contributed by atoms with E-state index in [1.54, 1.807) is 23.1 Å². The van der Waals surface area contributed by atoms with Crippen LogP contribution in [0.3, 0.4) is 0 Å². The second-order valence-electron chi connectivity index (χ2n) is 9.12. The van der Waals surface area contributed by atoms with Gasteiger partial charge in [-0.25, -0.2) is 4.39 Å². The summed E-state index contributed by atoms with van der Waals surface area (Å²) >= 11 is 1.36. The van der Waals surface area contributed by atoms with Gasteiger partial charge >= 0.3 is 0 Å². The second kappa shape index (κ2) is 13.8. The summed E-state index contributed by atoms with van der Waals surface area (Å²) in [5, 5.41) is 3.08. The van der Waals surface area contributed by atoms with Gasteiger partial charge in [-0.05, 0) is 43.0 Å². The molecule has 0 saturated carbocycles. The van der Waals surface area contributed by atoms with Gasteiger partial charge in [0, 0.05) is 24.8 Å². The number of aryl methyl sites for hydroxylation is 1. The smallest absolute Gasteiger partial charge is 0.243 e. The van der Waals surface area contributed by atoms with Gasteiger partial charge in [0.25, 0.3) is 0 Å². The molecule has 1 N–H and O–H groups in total. The Labute approximate surface area is 218 Å². The van der Waals surface area contributed by atoms with E-state index < -0.39 is 6.04 Å². The number of hydrogen-bond acceptors (Lipinski definition) is 3. The van der Waals surface area contributed by atoms with E-state index in [2.05, 4.69) is 5.32 Å². The van der Waals surface area contributed by atoms with Crippen LogP contribution in [0.2, 0.25) is 0 Å². The molecule has 0 aliphatic heterocycles. The normalized spacial score (nSPS) is 12.6. The van der Waals surface area contributed by atoms with Gasteiger partial charge in [-0.2, -0.15) is 0 Å². The molecule has 2 atom stereocenters. The Kier molecular flexibility index (Phi) is 10.6. The van der Waals surface area contributed by atoms with E-state index in [1.165, 1.54) is 17.8 Å². The molecule has 3 aromatic rings. The van der Waals surface area contributed by atoms with Crippen molar-refractivity contribution < 1.29 is 14.0 Å². The Morgan fingerprint density at radius 1 is 0.972 bits per heavy atom. The van der Waals surface area contributed by atoms with Crippen LogP contribution < -0.4 is 5.32 Å². The molecule has 0 aliphatic carbocycles. The lowest BCUT2D eigenvalue weighted by Crippen LogP contribution is -2.52. The SMILES string of the molecule is CC[C@@H](C)NC(=O)[C@@H](Cc1ccccc1)N(Cc1cccc(C)c1)C(=O)CSCc1ccccc1F. The Morgan fingerprint density at radius 2 is 1.67 bits per heavy atom. The Bertz CT molecular complexity index is 1140.